The van der Waals surface area contributed by atoms with Crippen LogP contribution >= 0.6 is 0 Å². The molecule has 11 amide bonds. The molecule has 0 radical (unpaired) electrons. The molecule has 0 spiro atoms. The van der Waals surface area contributed by atoms with E-state index in [-0.39, 0.29) is 56.4 Å². The van der Waals surface area contributed by atoms with Crippen LogP contribution < -0.4 is 75.7 Å². The first kappa shape index (κ1) is 82.0. The molecule has 15 atom stereocenters. The van der Waals surface area contributed by atoms with Crippen LogP contribution in [0.5, 0.6) is 0 Å². The Hall–Kier alpha value is -9.01. The molecule has 1 aromatic rings. The zero-order valence-electron chi connectivity index (χ0n) is 55.0. The zero-order chi connectivity index (χ0) is 71.1. The third-order valence-corrected chi connectivity index (χ3v) is 14.8. The van der Waals surface area contributed by atoms with Crippen LogP contribution in [0, 0.1) is 23.7 Å². The van der Waals surface area contributed by atoms with E-state index in [0.29, 0.717) is 18.4 Å². The number of carbonyl (C=O) groups excluding carboxylic acids is 11. The van der Waals surface area contributed by atoms with E-state index in [1.54, 1.807) is 85.7 Å². The zero-order valence-corrected chi connectivity index (χ0v) is 55.0. The van der Waals surface area contributed by atoms with E-state index in [1.165, 1.54) is 27.7 Å². The summed E-state index contributed by atoms with van der Waals surface area (Å²) in [6.07, 6.45) is -2.96. The maximum Gasteiger partial charge on any atom is 0.326 e. The molecule has 1 rings (SSSR count). The third kappa shape index (κ3) is 30.3. The van der Waals surface area contributed by atoms with Gasteiger partial charge in [-0.3, -0.25) is 67.3 Å². The molecule has 0 aliphatic heterocycles. The molecule has 33 heteroatoms. The number of rotatable bonds is 42. The van der Waals surface area contributed by atoms with Gasteiger partial charge in [-0.1, -0.05) is 98.6 Å². The van der Waals surface area contributed by atoms with Crippen LogP contribution in [0.25, 0.3) is 0 Å². The number of nitrogens with one attached hydrogen (secondary N) is 11. The quantitative estimate of drug-likeness (QED) is 0.0172. The van der Waals surface area contributed by atoms with E-state index in [1.807, 2.05) is 0 Å². The van der Waals surface area contributed by atoms with E-state index in [2.05, 4.69) is 63.5 Å². The predicted molar refractivity (Wildman–Crippen MR) is 338 cm³/mol. The van der Waals surface area contributed by atoms with Gasteiger partial charge in [0.25, 0.3) is 0 Å². The topological polar surface area (TPSA) is 543 Å². The Bertz CT molecular complexity index is 2770. The SMILES string of the molecule is CC[C@H](C)[C@H](NC(=O)[C@H](Cc1ccccc1)NC(=O)[C@H](CC(=O)O)NC(=O)[C@H](CCCN=C(N)N)NC(=O)[C@H](C)NC(=O)[C@H](C)NC(=O)[C@H](CC(C)C)NC(=O)[C@H](C)NC(=O)[C@H](CC(=O)O)NC(=O)[C@H](CC(C)C)NC(=O)[C@@H](NC(=O)[C@@H](N)[C@@H](C)O)[C@@H](C)CC)C(=O)O. The van der Waals surface area contributed by atoms with Crippen LogP contribution in [0.4, 0.5) is 0 Å². The average molecular weight is 1320 g/mol. The van der Waals surface area contributed by atoms with Gasteiger partial charge in [0.1, 0.15) is 72.5 Å². The number of aliphatic hydroxyl groups excluding tert-OH is 1. The molecule has 0 aliphatic carbocycles. The number of aliphatic carboxylic acids is 3. The maximum absolute atomic E-state index is 14.0. The lowest BCUT2D eigenvalue weighted by Crippen LogP contribution is -2.61. The van der Waals surface area contributed by atoms with E-state index in [0.717, 1.165) is 0 Å². The van der Waals surface area contributed by atoms with Crippen LogP contribution in [0.3, 0.4) is 0 Å². The van der Waals surface area contributed by atoms with Crippen molar-refractivity contribution in [2.45, 2.75) is 219 Å². The van der Waals surface area contributed by atoms with Crippen molar-refractivity contribution in [1.29, 1.82) is 0 Å². The maximum atomic E-state index is 14.0. The van der Waals surface area contributed by atoms with Crippen molar-refractivity contribution in [3.63, 3.8) is 0 Å². The number of benzene rings is 1. The molecule has 522 valence electrons. The minimum Gasteiger partial charge on any atom is -0.481 e. The normalized spacial score (nSPS) is 16.0. The first-order chi connectivity index (χ1) is 43.3. The summed E-state index contributed by atoms with van der Waals surface area (Å²) >= 11 is 0. The largest absolute Gasteiger partial charge is 0.481 e. The first-order valence-electron chi connectivity index (χ1n) is 30.9. The minimum absolute atomic E-state index is 0.0160. The van der Waals surface area contributed by atoms with Crippen LogP contribution in [0.2, 0.25) is 0 Å². The fourth-order valence-corrected chi connectivity index (χ4v) is 8.95. The Morgan fingerprint density at radius 3 is 1.23 bits per heavy atom. The number of aliphatic hydroxyl groups is 1. The van der Waals surface area contributed by atoms with Crippen molar-refractivity contribution in [3.05, 3.63) is 35.9 Å². The van der Waals surface area contributed by atoms with Gasteiger partial charge in [0.15, 0.2) is 5.96 Å². The third-order valence-electron chi connectivity index (χ3n) is 14.8. The molecule has 0 aliphatic rings. The molecule has 93 heavy (non-hydrogen) atoms. The number of carboxylic acids is 3. The second-order valence-electron chi connectivity index (χ2n) is 24.0. The van der Waals surface area contributed by atoms with Gasteiger partial charge in [-0.25, -0.2) is 4.79 Å². The number of carboxylic acid groups (broad SMARTS) is 3. The highest BCUT2D eigenvalue weighted by atomic mass is 16.4. The highest BCUT2D eigenvalue weighted by Crippen LogP contribution is 2.15. The monoisotopic (exact) mass is 1320 g/mol. The molecule has 0 unspecified atom stereocenters. The van der Waals surface area contributed by atoms with Crippen molar-refractivity contribution in [3.8, 4) is 0 Å². The lowest BCUT2D eigenvalue weighted by atomic mass is 9.96. The van der Waals surface area contributed by atoms with Crippen LogP contribution in [0.1, 0.15) is 140 Å². The van der Waals surface area contributed by atoms with Crippen molar-refractivity contribution >= 4 is 88.8 Å². The van der Waals surface area contributed by atoms with Gasteiger partial charge in [0, 0.05) is 13.0 Å². The average Bonchev–Trinajstić information content (AvgIpc) is 1.35. The summed E-state index contributed by atoms with van der Waals surface area (Å²) in [6, 6.07) is -9.54. The fourth-order valence-electron chi connectivity index (χ4n) is 8.95. The second-order valence-corrected chi connectivity index (χ2v) is 24.0. The molecule has 0 aromatic heterocycles. The predicted octanol–water partition coefficient (Wildman–Crippen LogP) is -3.40. The van der Waals surface area contributed by atoms with Gasteiger partial charge >= 0.3 is 17.9 Å². The Kier molecular flexibility index (Phi) is 35.9. The van der Waals surface area contributed by atoms with Gasteiger partial charge in [0.05, 0.1) is 18.9 Å². The Morgan fingerprint density at radius 2 is 0.796 bits per heavy atom. The second kappa shape index (κ2) is 40.8. The summed E-state index contributed by atoms with van der Waals surface area (Å²) in [5.41, 5.74) is 17.2. The number of amides is 11. The molecule has 0 bridgehead atoms. The summed E-state index contributed by atoms with van der Waals surface area (Å²) in [6.45, 7) is 18.5. The molecule has 21 N–H and O–H groups in total. The van der Waals surface area contributed by atoms with Gasteiger partial charge in [-0.15, -0.1) is 0 Å². The standard InChI is InChI=1S/C60H99N15O18/c1-13-30(7)46(74-57(90)45(61)35(12)76)58(91)73-39(24-29(5)6)54(87)72-41(26-43(77)78)53(86)67-34(11)50(83)69-38(23-28(3)4)52(85)66-32(9)48(81)65-33(10)49(82)68-37(21-18-22-64-60(62)63)51(84)71-42(27-44(79)80)55(88)70-40(25-36-19-16-15-17-20-36)56(89)75-47(59(92)93)31(8)14-2/h15-17,19-20,28-35,37-42,45-47,76H,13-14,18,21-27,61H2,1-12H3,(H,65,81)(H,66,85)(H,67,86)(H,68,82)(H,69,83)(H,70,88)(H,71,84)(H,72,87)(H,73,91)(H,74,90)(H,75,89)(H,77,78)(H,79,80)(H,92,93)(H4,62,63,64)/t30-,31-,32-,33-,34-,35+,37-,38-,39-,40-,41-,42-,45-,46-,47-/m0/s1. The lowest BCUT2D eigenvalue weighted by Gasteiger charge is -2.29. The van der Waals surface area contributed by atoms with E-state index >= 15 is 0 Å². The Balaban J connectivity index is 3.33. The summed E-state index contributed by atoms with van der Waals surface area (Å²) in [5.74, 6) is -17.0. The van der Waals surface area contributed by atoms with Crippen molar-refractivity contribution in [2.24, 2.45) is 45.9 Å². The molecule has 0 saturated heterocycles. The molecule has 0 fully saturated rings. The minimum atomic E-state index is -1.88. The number of guanidine groups is 1. The first-order valence-corrected chi connectivity index (χ1v) is 30.9. The van der Waals surface area contributed by atoms with E-state index in [4.69, 9.17) is 17.2 Å². The van der Waals surface area contributed by atoms with Gasteiger partial charge < -0.3 is 96.1 Å². The van der Waals surface area contributed by atoms with Crippen LogP contribution in [0.15, 0.2) is 35.3 Å². The number of nitrogens with zero attached hydrogens (tertiary/aromatic N) is 1. The highest BCUT2D eigenvalue weighted by Gasteiger charge is 2.38. The summed E-state index contributed by atoms with van der Waals surface area (Å²) < 4.78 is 0. The molecular formula is C60H99N15O18. The molecule has 33 nitrogen and oxygen atoms in total. The molecule has 0 saturated carbocycles. The van der Waals surface area contributed by atoms with Crippen LogP contribution in [-0.4, -0.2) is 194 Å². The number of hydrogen-bond acceptors (Lipinski definition) is 17. The Morgan fingerprint density at radius 1 is 0.441 bits per heavy atom. The summed E-state index contributed by atoms with van der Waals surface area (Å²) in [7, 11) is 0. The summed E-state index contributed by atoms with van der Waals surface area (Å²) in [4.78, 5) is 191. The number of aliphatic imine (C=N–C) groups is 1. The number of nitrogens with two attached hydrogens (primary N) is 3. The van der Waals surface area contributed by atoms with Gasteiger partial charge in [-0.05, 0) is 82.6 Å². The smallest absolute Gasteiger partial charge is 0.326 e. The molecule has 1 aromatic carbocycles. The van der Waals surface area contributed by atoms with E-state index < -0.39 is 186 Å². The van der Waals surface area contributed by atoms with Crippen molar-refractivity contribution in [2.75, 3.05) is 6.54 Å². The van der Waals surface area contributed by atoms with Crippen LogP contribution in [-0.2, 0) is 73.5 Å². The van der Waals surface area contributed by atoms with Crippen molar-refractivity contribution < 1.29 is 87.5 Å². The molecule has 0 heterocycles. The number of hydrogen-bond donors (Lipinski definition) is 18. The lowest BCUT2D eigenvalue weighted by molar-refractivity contribution is -0.144. The highest BCUT2D eigenvalue weighted by molar-refractivity contribution is 6.00. The van der Waals surface area contributed by atoms with Gasteiger partial charge in [-0.2, -0.15) is 0 Å². The summed E-state index contributed by atoms with van der Waals surface area (Å²) in [5, 5.41) is 66.1. The molecular weight excluding hydrogens is 1220 g/mol. The Labute approximate surface area is 541 Å². The van der Waals surface area contributed by atoms with Gasteiger partial charge in [0.2, 0.25) is 65.0 Å². The fraction of sp³-hybridized carbons (Fsp3) is 0.650. The van der Waals surface area contributed by atoms with Crippen molar-refractivity contribution in [1.82, 2.24) is 58.5 Å². The number of carbonyl (C=O) groups is 14. The van der Waals surface area contributed by atoms with E-state index in [9.17, 15) is 87.5 Å².